The first-order valence-electron chi connectivity index (χ1n) is 5.91. The van der Waals surface area contributed by atoms with Crippen molar-refractivity contribution in [2.24, 2.45) is 5.92 Å². The summed E-state index contributed by atoms with van der Waals surface area (Å²) in [5, 5.41) is 0.675. The molecule has 1 unspecified atom stereocenters. The van der Waals surface area contributed by atoms with Crippen molar-refractivity contribution >= 4 is 49.4 Å². The largest absolute Gasteiger partial charge is 0.465 e. The lowest BCUT2D eigenvalue weighted by Gasteiger charge is -2.19. The first-order chi connectivity index (χ1) is 9.47. The maximum Gasteiger partial charge on any atom is 0.340 e. The maximum absolute atomic E-state index is 14.4. The van der Waals surface area contributed by atoms with E-state index >= 15 is 0 Å². The van der Waals surface area contributed by atoms with Crippen LogP contribution in [0.25, 0.3) is 0 Å². The van der Waals surface area contributed by atoms with Crippen LogP contribution in [0.1, 0.15) is 16.8 Å². The second-order valence-corrected chi connectivity index (χ2v) is 6.07. The highest BCUT2D eigenvalue weighted by Crippen LogP contribution is 2.32. The highest BCUT2D eigenvalue weighted by atomic mass is 79.9. The van der Waals surface area contributed by atoms with Gasteiger partial charge in [-0.05, 0) is 18.1 Å². The van der Waals surface area contributed by atoms with Crippen LogP contribution in [-0.4, -0.2) is 30.9 Å². The van der Waals surface area contributed by atoms with Gasteiger partial charge in [0, 0.05) is 22.8 Å². The summed E-state index contributed by atoms with van der Waals surface area (Å²) in [6.45, 7) is 0.429. The summed E-state index contributed by atoms with van der Waals surface area (Å²) < 4.78 is 19.5. The van der Waals surface area contributed by atoms with Gasteiger partial charge in [-0.3, -0.25) is 4.79 Å². The molecule has 0 aromatic heterocycles. The van der Waals surface area contributed by atoms with Crippen LogP contribution in [0.4, 0.5) is 10.1 Å². The molecule has 0 saturated carbocycles. The third-order valence-electron chi connectivity index (χ3n) is 3.14. The molecule has 1 aromatic carbocycles. The molecule has 1 aromatic rings. The normalized spacial score (nSPS) is 18.5. The molecular formula is C13H12Br2FNO3. The fourth-order valence-corrected chi connectivity index (χ4v) is 3.03. The molecule has 108 valence electrons. The minimum absolute atomic E-state index is 0.105. The predicted molar refractivity (Wildman–Crippen MR) is 79.7 cm³/mol. The third kappa shape index (κ3) is 2.88. The van der Waals surface area contributed by atoms with E-state index in [1.54, 1.807) is 0 Å². The number of carbonyl (C=O) groups is 2. The van der Waals surface area contributed by atoms with Crippen molar-refractivity contribution in [2.45, 2.75) is 6.42 Å². The zero-order valence-electron chi connectivity index (χ0n) is 10.7. The van der Waals surface area contributed by atoms with E-state index in [-0.39, 0.29) is 23.1 Å². The SMILES string of the molecule is COC(=O)c1cc(Br)cc(N2CC(CBr)CC2=O)c1F. The van der Waals surface area contributed by atoms with E-state index in [0.717, 1.165) is 0 Å². The van der Waals surface area contributed by atoms with Crippen LogP contribution in [0.3, 0.4) is 0 Å². The van der Waals surface area contributed by atoms with Crippen LogP contribution < -0.4 is 4.90 Å². The van der Waals surface area contributed by atoms with Gasteiger partial charge in [0.05, 0.1) is 18.4 Å². The van der Waals surface area contributed by atoms with Crippen molar-refractivity contribution in [3.8, 4) is 0 Å². The van der Waals surface area contributed by atoms with E-state index in [9.17, 15) is 14.0 Å². The van der Waals surface area contributed by atoms with Crippen molar-refractivity contribution in [3.63, 3.8) is 0 Å². The lowest BCUT2D eigenvalue weighted by Crippen LogP contribution is -2.26. The Kier molecular flexibility index (Phi) is 4.80. The number of hydrogen-bond donors (Lipinski definition) is 0. The third-order valence-corrected chi connectivity index (χ3v) is 4.51. The van der Waals surface area contributed by atoms with Crippen LogP contribution in [0.2, 0.25) is 0 Å². The monoisotopic (exact) mass is 407 g/mol. The van der Waals surface area contributed by atoms with E-state index in [1.807, 2.05) is 0 Å². The molecule has 0 radical (unpaired) electrons. The summed E-state index contributed by atoms with van der Waals surface area (Å²) in [5.41, 5.74) is -0.0832. The first-order valence-corrected chi connectivity index (χ1v) is 7.83. The molecular weight excluding hydrogens is 397 g/mol. The molecule has 0 spiro atoms. The highest BCUT2D eigenvalue weighted by molar-refractivity contribution is 9.10. The number of ether oxygens (including phenoxy) is 1. The molecule has 1 aliphatic rings. The van der Waals surface area contributed by atoms with Gasteiger partial charge >= 0.3 is 5.97 Å². The molecule has 1 fully saturated rings. The topological polar surface area (TPSA) is 46.6 Å². The zero-order chi connectivity index (χ0) is 14.9. The van der Waals surface area contributed by atoms with Gasteiger partial charge in [0.2, 0.25) is 5.91 Å². The minimum atomic E-state index is -0.770. The Morgan fingerprint density at radius 1 is 1.55 bits per heavy atom. The summed E-state index contributed by atoms with van der Waals surface area (Å²) in [5.74, 6) is -1.51. The van der Waals surface area contributed by atoms with Gasteiger partial charge < -0.3 is 9.64 Å². The van der Waals surface area contributed by atoms with Crippen molar-refractivity contribution in [1.29, 1.82) is 0 Å². The van der Waals surface area contributed by atoms with Crippen LogP contribution in [0.5, 0.6) is 0 Å². The average Bonchev–Trinajstić information content (AvgIpc) is 2.81. The lowest BCUT2D eigenvalue weighted by molar-refractivity contribution is -0.117. The number of carbonyl (C=O) groups excluding carboxylic acids is 2. The smallest absolute Gasteiger partial charge is 0.340 e. The predicted octanol–water partition coefficient (Wildman–Crippen LogP) is 3.12. The first kappa shape index (κ1) is 15.4. The molecule has 1 aliphatic heterocycles. The number of esters is 1. The van der Waals surface area contributed by atoms with Gasteiger partial charge in [-0.15, -0.1) is 0 Å². The van der Waals surface area contributed by atoms with E-state index in [4.69, 9.17) is 0 Å². The van der Waals surface area contributed by atoms with E-state index in [2.05, 4.69) is 36.6 Å². The maximum atomic E-state index is 14.4. The van der Waals surface area contributed by atoms with Gasteiger partial charge in [-0.2, -0.15) is 0 Å². The number of anilines is 1. The van der Waals surface area contributed by atoms with Crippen molar-refractivity contribution in [2.75, 3.05) is 23.9 Å². The molecule has 1 atom stereocenters. The Morgan fingerprint density at radius 2 is 2.25 bits per heavy atom. The van der Waals surface area contributed by atoms with Gasteiger partial charge in [0.1, 0.15) is 0 Å². The van der Waals surface area contributed by atoms with E-state index in [1.165, 1.54) is 24.1 Å². The number of amides is 1. The fourth-order valence-electron chi connectivity index (χ4n) is 2.15. The molecule has 1 heterocycles. The Bertz CT molecular complexity index is 565. The number of halogens is 3. The van der Waals surface area contributed by atoms with Gasteiger partial charge in [0.15, 0.2) is 5.82 Å². The fraction of sp³-hybridized carbons (Fsp3) is 0.385. The van der Waals surface area contributed by atoms with Crippen molar-refractivity contribution in [3.05, 3.63) is 28.0 Å². The molecule has 2 rings (SSSR count). The van der Waals surface area contributed by atoms with E-state index in [0.29, 0.717) is 22.8 Å². The molecule has 1 amide bonds. The Labute approximate surface area is 132 Å². The second-order valence-electron chi connectivity index (χ2n) is 4.51. The van der Waals surface area contributed by atoms with Crippen molar-refractivity contribution in [1.82, 2.24) is 0 Å². The standard InChI is InChI=1S/C13H12Br2FNO3/c1-20-13(19)9-3-8(15)4-10(12(9)16)17-6-7(5-14)2-11(17)18/h3-4,7H,2,5-6H2,1H3. The molecule has 0 aliphatic carbocycles. The number of nitrogens with zero attached hydrogens (tertiary/aromatic N) is 1. The highest BCUT2D eigenvalue weighted by Gasteiger charge is 2.33. The summed E-state index contributed by atoms with van der Waals surface area (Å²) in [7, 11) is 1.18. The van der Waals surface area contributed by atoms with Crippen LogP contribution in [0, 0.1) is 11.7 Å². The number of hydrogen-bond acceptors (Lipinski definition) is 3. The summed E-state index contributed by atoms with van der Waals surface area (Å²) in [6.07, 6.45) is 0.366. The van der Waals surface area contributed by atoms with Gasteiger partial charge in [0.25, 0.3) is 0 Å². The number of methoxy groups -OCH3 is 1. The van der Waals surface area contributed by atoms with E-state index < -0.39 is 11.8 Å². The molecule has 0 bridgehead atoms. The molecule has 4 nitrogen and oxygen atoms in total. The quantitative estimate of drug-likeness (QED) is 0.570. The molecule has 0 N–H and O–H groups in total. The Hall–Kier alpha value is -0.950. The van der Waals surface area contributed by atoms with Gasteiger partial charge in [-0.25, -0.2) is 9.18 Å². The molecule has 20 heavy (non-hydrogen) atoms. The van der Waals surface area contributed by atoms with Crippen molar-refractivity contribution < 1.29 is 18.7 Å². The number of rotatable bonds is 3. The van der Waals surface area contributed by atoms with Gasteiger partial charge in [-0.1, -0.05) is 31.9 Å². The number of benzene rings is 1. The number of alkyl halides is 1. The molecule has 1 saturated heterocycles. The average molecular weight is 409 g/mol. The van der Waals surface area contributed by atoms with Crippen LogP contribution in [-0.2, 0) is 9.53 Å². The zero-order valence-corrected chi connectivity index (χ0v) is 13.8. The van der Waals surface area contributed by atoms with Crippen LogP contribution in [0.15, 0.2) is 16.6 Å². The lowest BCUT2D eigenvalue weighted by atomic mass is 10.1. The summed E-state index contributed by atoms with van der Waals surface area (Å²) in [4.78, 5) is 24.9. The van der Waals surface area contributed by atoms with Crippen LogP contribution >= 0.6 is 31.9 Å². The minimum Gasteiger partial charge on any atom is -0.465 e. The summed E-state index contributed by atoms with van der Waals surface area (Å²) >= 11 is 6.55. The Morgan fingerprint density at radius 3 is 2.80 bits per heavy atom. The molecule has 7 heteroatoms. The summed E-state index contributed by atoms with van der Waals surface area (Å²) in [6, 6.07) is 2.84. The second kappa shape index (κ2) is 6.22. The Balaban J connectivity index is 2.44.